The highest BCUT2D eigenvalue weighted by Gasteiger charge is 2.38. The Kier molecular flexibility index (Phi) is 4.84. The molecule has 8 nitrogen and oxygen atoms in total. The van der Waals surface area contributed by atoms with Gasteiger partial charge in [0.05, 0.1) is 5.92 Å². The molecule has 2 aliphatic heterocycles. The lowest BCUT2D eigenvalue weighted by Gasteiger charge is -2.32. The van der Waals surface area contributed by atoms with E-state index in [4.69, 9.17) is 5.11 Å². The lowest BCUT2D eigenvalue weighted by Crippen LogP contribution is -2.48. The molecule has 2 rings (SSSR count). The van der Waals surface area contributed by atoms with Crippen molar-refractivity contribution in [3.63, 3.8) is 0 Å². The summed E-state index contributed by atoms with van der Waals surface area (Å²) in [5, 5.41) is 11.7. The second kappa shape index (κ2) is 6.29. The standard InChI is InChI=1S/C12H21N3O5S/c1-9(16)13-11-4-7-15(8-11)21(19,20)14-5-2-10(3-6-14)12(17)18/h10-11H,2-8H2,1H3,(H,13,16)(H,17,18). The van der Waals surface area contributed by atoms with Gasteiger partial charge in [-0.3, -0.25) is 9.59 Å². The van der Waals surface area contributed by atoms with Crippen LogP contribution in [0, 0.1) is 5.92 Å². The molecule has 0 spiro atoms. The van der Waals surface area contributed by atoms with Crippen LogP contribution >= 0.6 is 0 Å². The molecule has 9 heteroatoms. The Bertz CT molecular complexity index is 505. The fourth-order valence-corrected chi connectivity index (χ4v) is 4.54. The monoisotopic (exact) mass is 319 g/mol. The van der Waals surface area contributed by atoms with Crippen molar-refractivity contribution in [1.29, 1.82) is 0 Å². The quantitative estimate of drug-likeness (QED) is 0.708. The number of nitrogens with zero attached hydrogens (tertiary/aromatic N) is 2. The van der Waals surface area contributed by atoms with Gasteiger partial charge in [0.25, 0.3) is 10.2 Å². The number of carbonyl (C=O) groups excluding carboxylic acids is 1. The Morgan fingerprint density at radius 3 is 2.19 bits per heavy atom. The summed E-state index contributed by atoms with van der Waals surface area (Å²) in [4.78, 5) is 21.9. The second-order valence-corrected chi connectivity index (χ2v) is 7.49. The van der Waals surface area contributed by atoms with E-state index in [0.717, 1.165) is 0 Å². The van der Waals surface area contributed by atoms with E-state index >= 15 is 0 Å². The average molecular weight is 319 g/mol. The molecule has 1 amide bonds. The van der Waals surface area contributed by atoms with Crippen molar-refractivity contribution in [2.45, 2.75) is 32.2 Å². The maximum atomic E-state index is 12.5. The Morgan fingerprint density at radius 2 is 1.67 bits per heavy atom. The van der Waals surface area contributed by atoms with Crippen LogP contribution in [0.3, 0.4) is 0 Å². The highest BCUT2D eigenvalue weighted by molar-refractivity contribution is 7.86. The smallest absolute Gasteiger partial charge is 0.306 e. The zero-order valence-corrected chi connectivity index (χ0v) is 12.8. The largest absolute Gasteiger partial charge is 0.481 e. The Hall–Kier alpha value is -1.19. The van der Waals surface area contributed by atoms with Crippen LogP contribution in [0.15, 0.2) is 0 Å². The summed E-state index contributed by atoms with van der Waals surface area (Å²) in [6, 6.07) is -0.145. The number of rotatable bonds is 4. The normalized spacial score (nSPS) is 25.9. The molecule has 0 bridgehead atoms. The lowest BCUT2D eigenvalue weighted by atomic mass is 9.99. The van der Waals surface area contributed by atoms with E-state index in [9.17, 15) is 18.0 Å². The van der Waals surface area contributed by atoms with E-state index in [2.05, 4.69) is 5.32 Å². The number of hydrogen-bond donors (Lipinski definition) is 2. The molecule has 1 atom stereocenters. The second-order valence-electron chi connectivity index (χ2n) is 5.56. The summed E-state index contributed by atoms with van der Waals surface area (Å²) in [5.41, 5.74) is 0. The van der Waals surface area contributed by atoms with Gasteiger partial charge in [-0.2, -0.15) is 17.0 Å². The summed E-state index contributed by atoms with van der Waals surface area (Å²) in [5.74, 6) is -1.48. The SMILES string of the molecule is CC(=O)NC1CCN(S(=O)(=O)N2CCC(C(=O)O)CC2)C1. The van der Waals surface area contributed by atoms with Gasteiger partial charge in [0.1, 0.15) is 0 Å². The van der Waals surface area contributed by atoms with E-state index < -0.39 is 22.1 Å². The van der Waals surface area contributed by atoms with Crippen LogP contribution in [-0.2, 0) is 19.8 Å². The molecule has 2 heterocycles. The minimum absolute atomic E-state index is 0.145. The molecular formula is C12H21N3O5S. The highest BCUT2D eigenvalue weighted by Crippen LogP contribution is 2.23. The zero-order valence-electron chi connectivity index (χ0n) is 12.0. The molecule has 0 aromatic heterocycles. The highest BCUT2D eigenvalue weighted by atomic mass is 32.2. The Morgan fingerprint density at radius 1 is 1.10 bits per heavy atom. The third-order valence-electron chi connectivity index (χ3n) is 4.01. The molecular weight excluding hydrogens is 298 g/mol. The number of carbonyl (C=O) groups is 2. The van der Waals surface area contributed by atoms with Gasteiger partial charge in [-0.1, -0.05) is 0 Å². The molecule has 1 unspecified atom stereocenters. The van der Waals surface area contributed by atoms with E-state index in [0.29, 0.717) is 25.8 Å². The molecule has 0 aromatic carbocycles. The van der Waals surface area contributed by atoms with Crippen LogP contribution in [0.5, 0.6) is 0 Å². The molecule has 0 saturated carbocycles. The molecule has 2 saturated heterocycles. The fourth-order valence-electron chi connectivity index (χ4n) is 2.84. The first-order valence-electron chi connectivity index (χ1n) is 7.06. The first-order chi connectivity index (χ1) is 9.80. The van der Waals surface area contributed by atoms with Gasteiger partial charge in [-0.05, 0) is 19.3 Å². The van der Waals surface area contributed by atoms with Crippen LogP contribution < -0.4 is 5.32 Å². The van der Waals surface area contributed by atoms with Crippen LogP contribution in [0.4, 0.5) is 0 Å². The number of amides is 1. The van der Waals surface area contributed by atoms with Crippen LogP contribution in [0.1, 0.15) is 26.2 Å². The van der Waals surface area contributed by atoms with E-state index in [1.54, 1.807) is 0 Å². The van der Waals surface area contributed by atoms with E-state index in [-0.39, 0.29) is 31.6 Å². The van der Waals surface area contributed by atoms with Crippen molar-refractivity contribution < 1.29 is 23.1 Å². The van der Waals surface area contributed by atoms with Gasteiger partial charge >= 0.3 is 5.97 Å². The van der Waals surface area contributed by atoms with Crippen LogP contribution in [0.25, 0.3) is 0 Å². The number of hydrogen-bond acceptors (Lipinski definition) is 4. The summed E-state index contributed by atoms with van der Waals surface area (Å²) >= 11 is 0. The first kappa shape index (κ1) is 16.2. The van der Waals surface area contributed by atoms with Crippen molar-refractivity contribution in [3.05, 3.63) is 0 Å². The minimum Gasteiger partial charge on any atom is -0.481 e. The summed E-state index contributed by atoms with van der Waals surface area (Å²) in [7, 11) is -3.56. The van der Waals surface area contributed by atoms with Crippen molar-refractivity contribution in [3.8, 4) is 0 Å². The van der Waals surface area contributed by atoms with Crippen LogP contribution in [0.2, 0.25) is 0 Å². The van der Waals surface area contributed by atoms with Crippen LogP contribution in [-0.4, -0.2) is 66.2 Å². The minimum atomic E-state index is -3.56. The first-order valence-corrected chi connectivity index (χ1v) is 8.45. The molecule has 21 heavy (non-hydrogen) atoms. The number of nitrogens with one attached hydrogen (secondary N) is 1. The topological polar surface area (TPSA) is 107 Å². The van der Waals surface area contributed by atoms with Gasteiger partial charge in [0.15, 0.2) is 0 Å². The van der Waals surface area contributed by atoms with Gasteiger partial charge in [-0.15, -0.1) is 0 Å². The summed E-state index contributed by atoms with van der Waals surface area (Å²) in [6.45, 7) is 2.54. The third-order valence-corrected chi connectivity index (χ3v) is 6.02. The fraction of sp³-hybridized carbons (Fsp3) is 0.833. The van der Waals surface area contributed by atoms with Gasteiger partial charge in [-0.25, -0.2) is 0 Å². The van der Waals surface area contributed by atoms with Crippen molar-refractivity contribution in [2.75, 3.05) is 26.2 Å². The molecule has 0 aliphatic carbocycles. The Balaban J connectivity index is 1.94. The van der Waals surface area contributed by atoms with E-state index in [1.165, 1.54) is 15.5 Å². The van der Waals surface area contributed by atoms with E-state index in [1.807, 2.05) is 0 Å². The number of aliphatic carboxylic acids is 1. The van der Waals surface area contributed by atoms with Gasteiger partial charge < -0.3 is 10.4 Å². The summed E-state index contributed by atoms with van der Waals surface area (Å²) in [6.07, 6.45) is 1.29. The van der Waals surface area contributed by atoms with Gasteiger partial charge in [0.2, 0.25) is 5.91 Å². The van der Waals surface area contributed by atoms with Crippen molar-refractivity contribution >= 4 is 22.1 Å². The molecule has 0 aromatic rings. The predicted octanol–water partition coefficient (Wildman–Crippen LogP) is -0.762. The molecule has 2 aliphatic rings. The Labute approximate surface area is 124 Å². The number of carboxylic acids is 1. The maximum Gasteiger partial charge on any atom is 0.306 e. The number of carboxylic acid groups (broad SMARTS) is 1. The maximum absolute atomic E-state index is 12.5. The molecule has 2 N–H and O–H groups in total. The summed E-state index contributed by atoms with van der Waals surface area (Å²) < 4.78 is 27.7. The number of piperidine rings is 1. The molecule has 0 radical (unpaired) electrons. The van der Waals surface area contributed by atoms with Crippen molar-refractivity contribution in [1.82, 2.24) is 13.9 Å². The van der Waals surface area contributed by atoms with Gasteiger partial charge in [0, 0.05) is 39.1 Å². The lowest BCUT2D eigenvalue weighted by molar-refractivity contribution is -0.143. The molecule has 120 valence electrons. The van der Waals surface area contributed by atoms with Crippen molar-refractivity contribution in [2.24, 2.45) is 5.92 Å². The average Bonchev–Trinajstić information content (AvgIpc) is 2.87. The predicted molar refractivity (Wildman–Crippen MR) is 74.6 cm³/mol. The zero-order chi connectivity index (χ0) is 15.6. The molecule has 2 fully saturated rings. The third kappa shape index (κ3) is 3.72.